The molecule has 1 aromatic rings. The van der Waals surface area contributed by atoms with E-state index in [0.29, 0.717) is 17.5 Å². The van der Waals surface area contributed by atoms with E-state index >= 15 is 0 Å². The van der Waals surface area contributed by atoms with E-state index in [1.54, 1.807) is 6.07 Å². The summed E-state index contributed by atoms with van der Waals surface area (Å²) in [7, 11) is 0. The van der Waals surface area contributed by atoms with Gasteiger partial charge in [0.05, 0.1) is 6.42 Å². The molecule has 0 aliphatic rings. The van der Waals surface area contributed by atoms with Gasteiger partial charge in [-0.2, -0.15) is 0 Å². The van der Waals surface area contributed by atoms with Crippen LogP contribution in [0.25, 0.3) is 0 Å². The summed E-state index contributed by atoms with van der Waals surface area (Å²) >= 11 is 6.05. The smallest absolute Gasteiger partial charge is 0.224 e. The fourth-order valence-corrected chi connectivity index (χ4v) is 2.48. The van der Waals surface area contributed by atoms with Gasteiger partial charge in [0, 0.05) is 17.1 Å². The highest BCUT2D eigenvalue weighted by atomic mass is 35.5. The molecule has 1 amide bonds. The fourth-order valence-electron chi connectivity index (χ4n) is 2.28. The van der Waals surface area contributed by atoms with Gasteiger partial charge in [0.2, 0.25) is 5.91 Å². The molecule has 0 radical (unpaired) electrons. The van der Waals surface area contributed by atoms with E-state index in [2.05, 4.69) is 19.2 Å². The topological polar surface area (TPSA) is 55.1 Å². The van der Waals surface area contributed by atoms with E-state index in [-0.39, 0.29) is 30.3 Å². The van der Waals surface area contributed by atoms with Crippen molar-refractivity contribution in [1.82, 2.24) is 5.32 Å². The summed E-state index contributed by atoms with van der Waals surface area (Å²) in [6.07, 6.45) is 1.14. The molecule has 0 spiro atoms. The van der Waals surface area contributed by atoms with Crippen LogP contribution in [0.5, 0.6) is 0 Å². The monoisotopic (exact) mass is 318 g/mol. The van der Waals surface area contributed by atoms with E-state index in [0.717, 1.165) is 12.0 Å². The number of rotatable bonds is 6. The number of hydrogen-bond acceptors (Lipinski definition) is 2. The van der Waals surface area contributed by atoms with Crippen LogP contribution >= 0.6 is 24.0 Å². The molecule has 0 aromatic heterocycles. The van der Waals surface area contributed by atoms with Crippen molar-refractivity contribution in [2.24, 2.45) is 11.7 Å². The minimum atomic E-state index is -0.355. The summed E-state index contributed by atoms with van der Waals surface area (Å²) in [6, 6.07) is 7.39. The first-order valence-electron chi connectivity index (χ1n) is 6.61. The zero-order valence-electron chi connectivity index (χ0n) is 12.3. The van der Waals surface area contributed by atoms with Crippen molar-refractivity contribution >= 4 is 29.9 Å². The van der Waals surface area contributed by atoms with Gasteiger partial charge >= 0.3 is 0 Å². The largest absolute Gasteiger partial charge is 0.349 e. The van der Waals surface area contributed by atoms with Crippen molar-refractivity contribution in [3.05, 3.63) is 34.9 Å². The van der Waals surface area contributed by atoms with E-state index in [9.17, 15) is 4.79 Å². The Morgan fingerprint density at radius 3 is 2.50 bits per heavy atom. The number of benzene rings is 1. The molecule has 0 aliphatic heterocycles. The lowest BCUT2D eigenvalue weighted by Gasteiger charge is -2.31. The minimum Gasteiger partial charge on any atom is -0.349 e. The van der Waals surface area contributed by atoms with Crippen molar-refractivity contribution in [1.29, 1.82) is 0 Å². The van der Waals surface area contributed by atoms with E-state index < -0.39 is 0 Å². The van der Waals surface area contributed by atoms with Crippen LogP contribution in [0, 0.1) is 5.92 Å². The van der Waals surface area contributed by atoms with E-state index in [1.165, 1.54) is 0 Å². The Labute approximate surface area is 132 Å². The Balaban J connectivity index is 0.00000361. The first-order valence-corrected chi connectivity index (χ1v) is 6.98. The van der Waals surface area contributed by atoms with Crippen molar-refractivity contribution in [3.8, 4) is 0 Å². The highest BCUT2D eigenvalue weighted by Gasteiger charge is 2.25. The molecule has 0 saturated heterocycles. The van der Waals surface area contributed by atoms with Crippen LogP contribution in [0.3, 0.4) is 0 Å². The SMILES string of the molecule is CC(C)CC(C)(CN)NC(=O)Cc1ccccc1Cl.Cl. The maximum Gasteiger partial charge on any atom is 0.224 e. The summed E-state index contributed by atoms with van der Waals surface area (Å²) in [5.41, 5.74) is 6.27. The average molecular weight is 319 g/mol. The fraction of sp³-hybridized carbons (Fsp3) is 0.533. The lowest BCUT2D eigenvalue weighted by Crippen LogP contribution is -2.52. The number of halogens is 2. The molecule has 114 valence electrons. The molecule has 0 saturated carbocycles. The molecule has 20 heavy (non-hydrogen) atoms. The Hall–Kier alpha value is -0.770. The highest BCUT2D eigenvalue weighted by molar-refractivity contribution is 6.31. The van der Waals surface area contributed by atoms with Crippen molar-refractivity contribution in [2.45, 2.75) is 39.2 Å². The first kappa shape index (κ1) is 19.2. The van der Waals surface area contributed by atoms with E-state index in [4.69, 9.17) is 17.3 Å². The molecule has 5 heteroatoms. The van der Waals surface area contributed by atoms with Crippen LogP contribution in [0.1, 0.15) is 32.8 Å². The quantitative estimate of drug-likeness (QED) is 0.846. The third-order valence-corrected chi connectivity index (χ3v) is 3.43. The molecule has 1 aromatic carbocycles. The predicted octanol–water partition coefficient (Wildman–Crippen LogP) is 3.18. The summed E-state index contributed by atoms with van der Waals surface area (Å²) in [4.78, 5) is 12.1. The maximum absolute atomic E-state index is 12.1. The summed E-state index contributed by atoms with van der Waals surface area (Å²) < 4.78 is 0. The third-order valence-electron chi connectivity index (χ3n) is 3.06. The van der Waals surface area contributed by atoms with Crippen LogP contribution < -0.4 is 11.1 Å². The van der Waals surface area contributed by atoms with Crippen molar-refractivity contribution in [2.75, 3.05) is 6.54 Å². The molecule has 1 atom stereocenters. The molecule has 0 bridgehead atoms. The van der Waals surface area contributed by atoms with Gasteiger partial charge in [0.1, 0.15) is 0 Å². The van der Waals surface area contributed by atoms with Gasteiger partial charge in [-0.25, -0.2) is 0 Å². The maximum atomic E-state index is 12.1. The summed E-state index contributed by atoms with van der Waals surface area (Å²) in [6.45, 7) is 6.65. The van der Waals surface area contributed by atoms with Crippen LogP contribution in [0.4, 0.5) is 0 Å². The van der Waals surface area contributed by atoms with Crippen LogP contribution in [-0.4, -0.2) is 18.0 Å². The Bertz CT molecular complexity index is 438. The molecule has 0 heterocycles. The van der Waals surface area contributed by atoms with Gasteiger partial charge in [0.25, 0.3) is 0 Å². The van der Waals surface area contributed by atoms with Crippen LogP contribution in [0.2, 0.25) is 5.02 Å². The van der Waals surface area contributed by atoms with Crippen molar-refractivity contribution in [3.63, 3.8) is 0 Å². The average Bonchev–Trinajstić information content (AvgIpc) is 2.31. The lowest BCUT2D eigenvalue weighted by atomic mass is 9.90. The standard InChI is InChI=1S/C15H23ClN2O.ClH/c1-11(2)9-15(3,10-17)18-14(19)8-12-6-4-5-7-13(12)16;/h4-7,11H,8-10,17H2,1-3H3,(H,18,19);1H. The molecule has 3 N–H and O–H groups in total. The summed E-state index contributed by atoms with van der Waals surface area (Å²) in [5.74, 6) is 0.441. The van der Waals surface area contributed by atoms with Gasteiger partial charge in [0.15, 0.2) is 0 Å². The second kappa shape index (κ2) is 8.50. The second-order valence-corrected chi connectivity index (χ2v) is 6.09. The van der Waals surface area contributed by atoms with Gasteiger partial charge in [-0.05, 0) is 30.9 Å². The molecule has 3 nitrogen and oxygen atoms in total. The number of nitrogens with two attached hydrogens (primary N) is 1. The zero-order chi connectivity index (χ0) is 14.5. The van der Waals surface area contributed by atoms with Gasteiger partial charge < -0.3 is 11.1 Å². The van der Waals surface area contributed by atoms with E-state index in [1.807, 2.05) is 25.1 Å². The highest BCUT2D eigenvalue weighted by Crippen LogP contribution is 2.18. The molecule has 0 aliphatic carbocycles. The number of carbonyl (C=O) groups is 1. The molecular weight excluding hydrogens is 295 g/mol. The normalized spacial score (nSPS) is 13.5. The van der Waals surface area contributed by atoms with Gasteiger partial charge in [-0.15, -0.1) is 12.4 Å². The number of nitrogens with one attached hydrogen (secondary N) is 1. The van der Waals surface area contributed by atoms with Crippen molar-refractivity contribution < 1.29 is 4.79 Å². The molecular formula is C15H24Cl2N2O. The Kier molecular flexibility index (Phi) is 8.17. The zero-order valence-corrected chi connectivity index (χ0v) is 13.9. The first-order chi connectivity index (χ1) is 8.86. The number of amides is 1. The minimum absolute atomic E-state index is 0. The Morgan fingerprint density at radius 2 is 2.00 bits per heavy atom. The Morgan fingerprint density at radius 1 is 1.40 bits per heavy atom. The molecule has 1 unspecified atom stereocenters. The molecule has 0 fully saturated rings. The van der Waals surface area contributed by atoms with Gasteiger partial charge in [-0.3, -0.25) is 4.79 Å². The number of carbonyl (C=O) groups excluding carboxylic acids is 1. The van der Waals surface area contributed by atoms with Gasteiger partial charge in [-0.1, -0.05) is 43.6 Å². The number of hydrogen-bond donors (Lipinski definition) is 2. The molecule has 1 rings (SSSR count). The predicted molar refractivity (Wildman–Crippen MR) is 87.5 cm³/mol. The van der Waals surface area contributed by atoms with Crippen LogP contribution in [-0.2, 0) is 11.2 Å². The van der Waals surface area contributed by atoms with Crippen LogP contribution in [0.15, 0.2) is 24.3 Å². The third kappa shape index (κ3) is 6.12. The summed E-state index contributed by atoms with van der Waals surface area (Å²) in [5, 5.41) is 3.65. The second-order valence-electron chi connectivity index (χ2n) is 5.68. The lowest BCUT2D eigenvalue weighted by molar-refractivity contribution is -0.122.